The molecular formula is C12H10BrClN2O2S. The SMILES string of the molecule is Cc1cc(NS(=O)(=O)c2ccc(Cl)cc2)cnc1Br. The minimum atomic E-state index is -3.62. The number of hydrogen-bond donors (Lipinski definition) is 1. The molecule has 0 saturated heterocycles. The number of benzene rings is 1. The monoisotopic (exact) mass is 360 g/mol. The minimum Gasteiger partial charge on any atom is -0.278 e. The van der Waals surface area contributed by atoms with Crippen LogP contribution >= 0.6 is 27.5 Å². The highest BCUT2D eigenvalue weighted by atomic mass is 79.9. The maximum atomic E-state index is 12.1. The van der Waals surface area contributed by atoms with Crippen molar-refractivity contribution >= 4 is 43.2 Å². The molecule has 2 aromatic rings. The summed E-state index contributed by atoms with van der Waals surface area (Å²) in [5.74, 6) is 0. The number of halogens is 2. The second-order valence-electron chi connectivity index (χ2n) is 3.89. The van der Waals surface area contributed by atoms with E-state index in [2.05, 4.69) is 25.6 Å². The van der Waals surface area contributed by atoms with E-state index in [1.165, 1.54) is 30.5 Å². The number of nitrogens with one attached hydrogen (secondary N) is 1. The first kappa shape index (κ1) is 14.3. The highest BCUT2D eigenvalue weighted by Crippen LogP contribution is 2.21. The normalized spacial score (nSPS) is 11.3. The summed E-state index contributed by atoms with van der Waals surface area (Å²) in [6.07, 6.45) is 1.45. The van der Waals surface area contributed by atoms with Crippen molar-refractivity contribution < 1.29 is 8.42 Å². The highest BCUT2D eigenvalue weighted by Gasteiger charge is 2.14. The Morgan fingerprint density at radius 1 is 1.26 bits per heavy atom. The first-order valence-electron chi connectivity index (χ1n) is 5.29. The van der Waals surface area contributed by atoms with Crippen LogP contribution in [0.4, 0.5) is 5.69 Å². The molecule has 100 valence electrons. The molecule has 0 unspecified atom stereocenters. The fourth-order valence-corrected chi connectivity index (χ4v) is 2.82. The fourth-order valence-electron chi connectivity index (χ4n) is 1.44. The van der Waals surface area contributed by atoms with Crippen LogP contribution in [0.1, 0.15) is 5.56 Å². The first-order chi connectivity index (χ1) is 8.88. The first-order valence-corrected chi connectivity index (χ1v) is 7.94. The lowest BCUT2D eigenvalue weighted by molar-refractivity contribution is 0.601. The van der Waals surface area contributed by atoms with Gasteiger partial charge in [0.15, 0.2) is 0 Å². The number of hydrogen-bond acceptors (Lipinski definition) is 3. The zero-order valence-electron chi connectivity index (χ0n) is 9.89. The quantitative estimate of drug-likeness (QED) is 0.850. The maximum absolute atomic E-state index is 12.1. The van der Waals surface area contributed by atoms with Crippen LogP contribution in [0.25, 0.3) is 0 Å². The van der Waals surface area contributed by atoms with Gasteiger partial charge in [-0.25, -0.2) is 13.4 Å². The molecule has 19 heavy (non-hydrogen) atoms. The summed E-state index contributed by atoms with van der Waals surface area (Å²) < 4.78 is 27.4. The molecule has 2 rings (SSSR count). The predicted octanol–water partition coefficient (Wildman–Crippen LogP) is 3.61. The number of aromatic nitrogens is 1. The molecule has 0 bridgehead atoms. The van der Waals surface area contributed by atoms with E-state index in [-0.39, 0.29) is 4.90 Å². The lowest BCUT2D eigenvalue weighted by Crippen LogP contribution is -2.13. The van der Waals surface area contributed by atoms with Gasteiger partial charge in [-0.05, 0) is 58.7 Å². The Morgan fingerprint density at radius 2 is 1.89 bits per heavy atom. The molecule has 0 aliphatic rings. The van der Waals surface area contributed by atoms with E-state index >= 15 is 0 Å². The van der Waals surface area contributed by atoms with Gasteiger partial charge >= 0.3 is 0 Å². The lowest BCUT2D eigenvalue weighted by atomic mass is 10.3. The summed E-state index contributed by atoms with van der Waals surface area (Å²) in [5, 5.41) is 0.486. The van der Waals surface area contributed by atoms with Crippen molar-refractivity contribution in [2.24, 2.45) is 0 Å². The second kappa shape index (κ2) is 5.48. The van der Waals surface area contributed by atoms with Gasteiger partial charge in [0.05, 0.1) is 16.8 Å². The lowest BCUT2D eigenvalue weighted by Gasteiger charge is -2.09. The van der Waals surface area contributed by atoms with Crippen LogP contribution in [0.5, 0.6) is 0 Å². The van der Waals surface area contributed by atoms with Gasteiger partial charge in [-0.1, -0.05) is 11.6 Å². The van der Waals surface area contributed by atoms with Crippen molar-refractivity contribution in [1.29, 1.82) is 0 Å². The highest BCUT2D eigenvalue weighted by molar-refractivity contribution is 9.10. The molecule has 1 N–H and O–H groups in total. The van der Waals surface area contributed by atoms with Gasteiger partial charge < -0.3 is 0 Å². The molecule has 0 spiro atoms. The average Bonchev–Trinajstić information content (AvgIpc) is 2.34. The number of anilines is 1. The van der Waals surface area contributed by atoms with Crippen LogP contribution in [0, 0.1) is 6.92 Å². The Kier molecular flexibility index (Phi) is 4.13. The Hall–Kier alpha value is -1.11. The predicted molar refractivity (Wildman–Crippen MR) is 78.9 cm³/mol. The third kappa shape index (κ3) is 3.46. The van der Waals surface area contributed by atoms with Crippen LogP contribution in [-0.2, 0) is 10.0 Å². The molecule has 0 aliphatic carbocycles. The van der Waals surface area contributed by atoms with Gasteiger partial charge in [0.2, 0.25) is 0 Å². The van der Waals surface area contributed by atoms with Crippen LogP contribution in [-0.4, -0.2) is 13.4 Å². The van der Waals surface area contributed by atoms with Crippen molar-refractivity contribution in [3.05, 3.63) is 51.7 Å². The van der Waals surface area contributed by atoms with E-state index < -0.39 is 10.0 Å². The summed E-state index contributed by atoms with van der Waals surface area (Å²) >= 11 is 8.99. The van der Waals surface area contributed by atoms with Crippen LogP contribution in [0.3, 0.4) is 0 Å². The van der Waals surface area contributed by atoms with Crippen LogP contribution in [0.2, 0.25) is 5.02 Å². The van der Waals surface area contributed by atoms with E-state index in [0.717, 1.165) is 5.56 Å². The molecule has 1 aromatic heterocycles. The Morgan fingerprint density at radius 3 is 2.47 bits per heavy atom. The third-order valence-corrected chi connectivity index (χ3v) is 4.87. The molecule has 0 fully saturated rings. The van der Waals surface area contributed by atoms with Gasteiger partial charge in [-0.2, -0.15) is 0 Å². The number of nitrogens with zero attached hydrogens (tertiary/aromatic N) is 1. The third-order valence-electron chi connectivity index (χ3n) is 2.39. The molecule has 7 heteroatoms. The van der Waals surface area contributed by atoms with E-state index in [1.807, 2.05) is 6.92 Å². The summed E-state index contributed by atoms with van der Waals surface area (Å²) in [4.78, 5) is 4.19. The van der Waals surface area contributed by atoms with Gasteiger partial charge in [0, 0.05) is 5.02 Å². The molecular weight excluding hydrogens is 352 g/mol. The molecule has 0 amide bonds. The molecule has 0 saturated carbocycles. The van der Waals surface area contributed by atoms with Gasteiger partial charge in [0.1, 0.15) is 4.60 Å². The zero-order valence-corrected chi connectivity index (χ0v) is 13.1. The van der Waals surface area contributed by atoms with Crippen molar-refractivity contribution in [2.45, 2.75) is 11.8 Å². The van der Waals surface area contributed by atoms with E-state index in [4.69, 9.17) is 11.6 Å². The topological polar surface area (TPSA) is 59.1 Å². The molecule has 4 nitrogen and oxygen atoms in total. The number of aryl methyl sites for hydroxylation is 1. The Labute approximate surface area is 125 Å². The largest absolute Gasteiger partial charge is 0.278 e. The van der Waals surface area contributed by atoms with E-state index in [1.54, 1.807) is 6.07 Å². The van der Waals surface area contributed by atoms with Crippen LogP contribution in [0.15, 0.2) is 46.0 Å². The fraction of sp³-hybridized carbons (Fsp3) is 0.0833. The Bertz CT molecular complexity index is 702. The molecule has 1 aromatic carbocycles. The van der Waals surface area contributed by atoms with E-state index in [0.29, 0.717) is 15.3 Å². The summed E-state index contributed by atoms with van der Waals surface area (Å²) in [6.45, 7) is 1.83. The molecule has 1 heterocycles. The zero-order chi connectivity index (χ0) is 14.0. The molecule has 0 atom stereocenters. The summed E-state index contributed by atoms with van der Waals surface area (Å²) in [6, 6.07) is 7.65. The number of sulfonamides is 1. The van der Waals surface area contributed by atoms with Crippen molar-refractivity contribution in [3.8, 4) is 0 Å². The Balaban J connectivity index is 2.30. The van der Waals surface area contributed by atoms with Gasteiger partial charge in [-0.15, -0.1) is 0 Å². The smallest absolute Gasteiger partial charge is 0.261 e. The van der Waals surface area contributed by atoms with Gasteiger partial charge in [0.25, 0.3) is 10.0 Å². The maximum Gasteiger partial charge on any atom is 0.261 e. The summed E-state index contributed by atoms with van der Waals surface area (Å²) in [7, 11) is -3.62. The van der Waals surface area contributed by atoms with Crippen LogP contribution < -0.4 is 4.72 Å². The minimum absolute atomic E-state index is 0.150. The van der Waals surface area contributed by atoms with Crippen molar-refractivity contribution in [2.75, 3.05) is 4.72 Å². The van der Waals surface area contributed by atoms with Crippen molar-refractivity contribution in [3.63, 3.8) is 0 Å². The van der Waals surface area contributed by atoms with Crippen molar-refractivity contribution in [1.82, 2.24) is 4.98 Å². The second-order valence-corrected chi connectivity index (χ2v) is 6.76. The average molecular weight is 362 g/mol. The number of rotatable bonds is 3. The molecule has 0 aliphatic heterocycles. The summed E-state index contributed by atoms with van der Waals surface area (Å²) in [5.41, 5.74) is 1.26. The number of pyridine rings is 1. The van der Waals surface area contributed by atoms with Gasteiger partial charge in [-0.3, -0.25) is 4.72 Å². The standard InChI is InChI=1S/C12H10BrClN2O2S/c1-8-6-10(7-15-12(8)13)16-19(17,18)11-4-2-9(14)3-5-11/h2-7,16H,1H3. The van der Waals surface area contributed by atoms with E-state index in [9.17, 15) is 8.42 Å². The molecule has 0 radical (unpaired) electrons.